The van der Waals surface area contributed by atoms with Gasteiger partial charge >= 0.3 is 0 Å². The van der Waals surface area contributed by atoms with E-state index < -0.39 is 9.84 Å². The van der Waals surface area contributed by atoms with Gasteiger partial charge in [-0.2, -0.15) is 5.10 Å². The van der Waals surface area contributed by atoms with Gasteiger partial charge in [0.05, 0.1) is 11.8 Å². The molecule has 2 fully saturated rings. The number of hydrogen-bond acceptors (Lipinski definition) is 6. The second-order valence-corrected chi connectivity index (χ2v) is 8.80. The maximum Gasteiger partial charge on any atom is 0.221 e. The van der Waals surface area contributed by atoms with E-state index in [9.17, 15) is 13.2 Å². The SMILES string of the molecule is CS(=O)(=O)CCC(=O)N[C@H]1CN(c2cccnn2)C[C@@H]1C1CC1.Cl. The fraction of sp³-hybridized carbons (Fsp3) is 0.667. The number of carbonyl (C=O) groups is 1. The van der Waals surface area contributed by atoms with Crippen LogP contribution in [0.3, 0.4) is 0 Å². The molecule has 24 heavy (non-hydrogen) atoms. The number of halogens is 1. The molecule has 0 bridgehead atoms. The molecule has 0 radical (unpaired) electrons. The van der Waals surface area contributed by atoms with E-state index in [2.05, 4.69) is 20.4 Å². The van der Waals surface area contributed by atoms with Gasteiger partial charge in [0.15, 0.2) is 5.82 Å². The highest BCUT2D eigenvalue weighted by Gasteiger charge is 2.43. The summed E-state index contributed by atoms with van der Waals surface area (Å²) in [5, 5.41) is 11.1. The number of nitrogens with one attached hydrogen (secondary N) is 1. The molecule has 1 aromatic rings. The summed E-state index contributed by atoms with van der Waals surface area (Å²) in [5.74, 6) is 1.59. The highest BCUT2D eigenvalue weighted by atomic mass is 35.5. The predicted octanol–water partition coefficient (Wildman–Crippen LogP) is 0.664. The van der Waals surface area contributed by atoms with Crippen LogP contribution in [-0.4, -0.2) is 55.7 Å². The molecule has 2 atom stereocenters. The van der Waals surface area contributed by atoms with E-state index >= 15 is 0 Å². The third-order valence-electron chi connectivity index (χ3n) is 4.52. The zero-order valence-electron chi connectivity index (χ0n) is 13.6. The summed E-state index contributed by atoms with van der Waals surface area (Å²) in [6.45, 7) is 1.56. The first kappa shape index (κ1) is 18.9. The third kappa shape index (κ3) is 5.04. The van der Waals surface area contributed by atoms with E-state index in [-0.39, 0.29) is 36.5 Å². The van der Waals surface area contributed by atoms with Crippen molar-refractivity contribution in [2.45, 2.75) is 25.3 Å². The van der Waals surface area contributed by atoms with Gasteiger partial charge in [-0.3, -0.25) is 4.79 Å². The lowest BCUT2D eigenvalue weighted by Crippen LogP contribution is -2.41. The molecule has 1 saturated carbocycles. The first-order valence-corrected chi connectivity index (χ1v) is 9.98. The molecular formula is C15H23ClN4O3S. The van der Waals surface area contributed by atoms with E-state index in [1.807, 2.05) is 12.1 Å². The fourth-order valence-corrected chi connectivity index (χ4v) is 3.75. The number of rotatable bonds is 6. The Morgan fingerprint density at radius 1 is 1.38 bits per heavy atom. The molecule has 1 amide bonds. The minimum Gasteiger partial charge on any atom is -0.353 e. The van der Waals surface area contributed by atoms with Crippen molar-refractivity contribution in [2.75, 3.05) is 30.0 Å². The predicted molar refractivity (Wildman–Crippen MR) is 94.0 cm³/mol. The monoisotopic (exact) mass is 374 g/mol. The van der Waals surface area contributed by atoms with Crippen molar-refractivity contribution in [2.24, 2.45) is 11.8 Å². The van der Waals surface area contributed by atoms with Gasteiger partial charge in [-0.15, -0.1) is 17.5 Å². The van der Waals surface area contributed by atoms with Gasteiger partial charge in [0, 0.05) is 37.9 Å². The van der Waals surface area contributed by atoms with Gasteiger partial charge in [-0.1, -0.05) is 0 Å². The van der Waals surface area contributed by atoms with Crippen LogP contribution in [0.1, 0.15) is 19.3 Å². The zero-order valence-corrected chi connectivity index (χ0v) is 15.2. The smallest absolute Gasteiger partial charge is 0.221 e. The lowest BCUT2D eigenvalue weighted by Gasteiger charge is -2.19. The molecule has 134 valence electrons. The second-order valence-electron chi connectivity index (χ2n) is 6.54. The van der Waals surface area contributed by atoms with E-state index in [0.29, 0.717) is 18.4 Å². The van der Waals surface area contributed by atoms with Gasteiger partial charge < -0.3 is 10.2 Å². The van der Waals surface area contributed by atoms with Crippen molar-refractivity contribution in [3.05, 3.63) is 18.3 Å². The first-order chi connectivity index (χ1) is 10.9. The Hall–Kier alpha value is -1.41. The highest BCUT2D eigenvalue weighted by Crippen LogP contribution is 2.42. The van der Waals surface area contributed by atoms with E-state index in [1.54, 1.807) is 6.20 Å². The maximum absolute atomic E-state index is 12.1. The zero-order chi connectivity index (χ0) is 16.4. The highest BCUT2D eigenvalue weighted by molar-refractivity contribution is 7.90. The Morgan fingerprint density at radius 2 is 2.12 bits per heavy atom. The quantitative estimate of drug-likeness (QED) is 0.786. The summed E-state index contributed by atoms with van der Waals surface area (Å²) >= 11 is 0. The normalized spacial score (nSPS) is 23.6. The molecule has 1 aliphatic heterocycles. The molecule has 7 nitrogen and oxygen atoms in total. The average molecular weight is 375 g/mol. The molecule has 2 heterocycles. The number of sulfone groups is 1. The number of nitrogens with zero attached hydrogens (tertiary/aromatic N) is 3. The minimum atomic E-state index is -3.11. The van der Waals surface area contributed by atoms with Crippen molar-refractivity contribution in [1.29, 1.82) is 0 Å². The lowest BCUT2D eigenvalue weighted by atomic mass is 9.98. The van der Waals surface area contributed by atoms with Crippen molar-refractivity contribution in [1.82, 2.24) is 15.5 Å². The van der Waals surface area contributed by atoms with Crippen molar-refractivity contribution < 1.29 is 13.2 Å². The van der Waals surface area contributed by atoms with Crippen LogP contribution in [0.4, 0.5) is 5.82 Å². The van der Waals surface area contributed by atoms with Gasteiger partial charge in [0.2, 0.25) is 5.91 Å². The Balaban J connectivity index is 0.00000208. The van der Waals surface area contributed by atoms with Crippen molar-refractivity contribution in [3.63, 3.8) is 0 Å². The molecule has 1 aliphatic carbocycles. The summed E-state index contributed by atoms with van der Waals surface area (Å²) in [6.07, 6.45) is 5.22. The number of hydrogen-bond donors (Lipinski definition) is 1. The molecule has 0 spiro atoms. The van der Waals surface area contributed by atoms with Gasteiger partial charge in [0.1, 0.15) is 9.84 Å². The number of carbonyl (C=O) groups excluding carboxylic acids is 1. The molecule has 1 N–H and O–H groups in total. The Kier molecular flexibility index (Phi) is 6.03. The van der Waals surface area contributed by atoms with Gasteiger partial charge in [-0.25, -0.2) is 8.42 Å². The Labute approximate surface area is 148 Å². The average Bonchev–Trinajstić information content (AvgIpc) is 3.27. The molecule has 1 aromatic heterocycles. The van der Waals surface area contributed by atoms with Crippen LogP contribution in [-0.2, 0) is 14.6 Å². The molecule has 2 aliphatic rings. The number of amides is 1. The van der Waals surface area contributed by atoms with Crippen LogP contribution in [0.2, 0.25) is 0 Å². The van der Waals surface area contributed by atoms with Crippen LogP contribution >= 0.6 is 12.4 Å². The van der Waals surface area contributed by atoms with Crippen LogP contribution in [0.15, 0.2) is 18.3 Å². The number of aromatic nitrogens is 2. The molecule has 0 aromatic carbocycles. The standard InChI is InChI=1S/C15H22N4O3S.ClH/c1-23(21,22)8-6-15(20)17-13-10-19(9-12(13)11-4-5-11)14-3-2-7-16-18-14;/h2-3,7,11-13H,4-6,8-10H2,1H3,(H,17,20);1H/t12-,13+;/m1./s1. The van der Waals surface area contributed by atoms with Gasteiger partial charge in [-0.05, 0) is 30.9 Å². The summed E-state index contributed by atoms with van der Waals surface area (Å²) < 4.78 is 22.4. The third-order valence-corrected chi connectivity index (χ3v) is 5.47. The van der Waals surface area contributed by atoms with Crippen molar-refractivity contribution >= 4 is 34.0 Å². The molecular weight excluding hydrogens is 352 g/mol. The minimum absolute atomic E-state index is 0. The molecule has 3 rings (SSSR count). The summed E-state index contributed by atoms with van der Waals surface area (Å²) in [4.78, 5) is 14.2. The van der Waals surface area contributed by atoms with Crippen molar-refractivity contribution in [3.8, 4) is 0 Å². The van der Waals surface area contributed by atoms with E-state index in [0.717, 1.165) is 18.6 Å². The van der Waals surface area contributed by atoms with E-state index in [4.69, 9.17) is 0 Å². The van der Waals surface area contributed by atoms with Gasteiger partial charge in [0.25, 0.3) is 0 Å². The van der Waals surface area contributed by atoms with Crippen LogP contribution in [0.5, 0.6) is 0 Å². The maximum atomic E-state index is 12.1. The van der Waals surface area contributed by atoms with Crippen LogP contribution in [0, 0.1) is 11.8 Å². The summed E-state index contributed by atoms with van der Waals surface area (Å²) in [7, 11) is -3.11. The molecule has 0 unspecified atom stereocenters. The second kappa shape index (κ2) is 7.65. The Bertz CT molecular complexity index is 667. The lowest BCUT2D eigenvalue weighted by molar-refractivity contribution is -0.121. The first-order valence-electron chi connectivity index (χ1n) is 7.92. The number of anilines is 1. The largest absolute Gasteiger partial charge is 0.353 e. The summed E-state index contributed by atoms with van der Waals surface area (Å²) in [5.41, 5.74) is 0. The van der Waals surface area contributed by atoms with E-state index in [1.165, 1.54) is 12.8 Å². The van der Waals surface area contributed by atoms with Crippen LogP contribution in [0.25, 0.3) is 0 Å². The summed E-state index contributed by atoms with van der Waals surface area (Å²) in [6, 6.07) is 3.83. The van der Waals surface area contributed by atoms with Crippen LogP contribution < -0.4 is 10.2 Å². The Morgan fingerprint density at radius 3 is 2.71 bits per heavy atom. The molecule has 1 saturated heterocycles. The fourth-order valence-electron chi connectivity index (χ4n) is 3.19. The topological polar surface area (TPSA) is 92.3 Å². The molecule has 9 heteroatoms.